The molecule has 0 radical (unpaired) electrons. The number of aliphatic hydroxyl groups is 1. The summed E-state index contributed by atoms with van der Waals surface area (Å²) in [5.74, 6) is -0.597. The molecule has 2 atom stereocenters. The highest BCUT2D eigenvalue weighted by Gasteiger charge is 2.45. The molecule has 3 aromatic rings. The predicted octanol–water partition coefficient (Wildman–Crippen LogP) is 4.65. The quantitative estimate of drug-likeness (QED) is 0.462. The molecular formula is C31H33N3O2. The summed E-state index contributed by atoms with van der Waals surface area (Å²) in [5, 5.41) is 12.8. The summed E-state index contributed by atoms with van der Waals surface area (Å²) in [5.41, 5.74) is 9.84. The Hall–Kier alpha value is -3.59. The number of pyridine rings is 1. The monoisotopic (exact) mass is 479 g/mol. The van der Waals surface area contributed by atoms with Crippen LogP contribution in [-0.4, -0.2) is 54.3 Å². The Kier molecular flexibility index (Phi) is 6.82. The van der Waals surface area contributed by atoms with Gasteiger partial charge in [0, 0.05) is 42.9 Å². The number of benzene rings is 2. The Labute approximate surface area is 212 Å². The van der Waals surface area contributed by atoms with Crippen molar-refractivity contribution in [2.45, 2.75) is 30.8 Å². The van der Waals surface area contributed by atoms with E-state index < -0.39 is 11.5 Å². The minimum absolute atomic E-state index is 0.181. The fraction of sp³-hybridized carbons (Fsp3) is 0.323. The first-order valence-electron chi connectivity index (χ1n) is 12.7. The lowest BCUT2D eigenvalue weighted by Gasteiger charge is -2.39. The number of anilines is 1. The van der Waals surface area contributed by atoms with Gasteiger partial charge in [-0.25, -0.2) is 0 Å². The molecule has 1 aromatic heterocycles. The van der Waals surface area contributed by atoms with Crippen LogP contribution in [0.15, 0.2) is 83.1 Å². The van der Waals surface area contributed by atoms with Gasteiger partial charge in [0.1, 0.15) is 5.60 Å². The van der Waals surface area contributed by atoms with Gasteiger partial charge in [-0.2, -0.15) is 0 Å². The van der Waals surface area contributed by atoms with Crippen molar-refractivity contribution < 1.29 is 5.11 Å². The van der Waals surface area contributed by atoms with Crippen molar-refractivity contribution in [1.82, 2.24) is 9.88 Å². The maximum Gasteiger partial charge on any atom is 0.252 e. The summed E-state index contributed by atoms with van der Waals surface area (Å²) in [4.78, 5) is 20.8. The lowest BCUT2D eigenvalue weighted by molar-refractivity contribution is 0.0665. The molecule has 5 heteroatoms. The van der Waals surface area contributed by atoms with Gasteiger partial charge in [-0.15, -0.1) is 0 Å². The zero-order valence-electron chi connectivity index (χ0n) is 21.0. The molecule has 0 saturated carbocycles. The predicted molar refractivity (Wildman–Crippen MR) is 146 cm³/mol. The molecule has 1 aliphatic carbocycles. The van der Waals surface area contributed by atoms with E-state index >= 15 is 0 Å². The number of fused-ring (bicyclic) bond motifs is 1. The van der Waals surface area contributed by atoms with Gasteiger partial charge in [0.25, 0.3) is 5.56 Å². The SMILES string of the molecule is CN(C)CCC(O)(C1=C=C=Cc2ccccc21)C(c1ccccc1)c1cc(N2CCCC2)c[nH]c1=O. The van der Waals surface area contributed by atoms with Crippen molar-refractivity contribution in [3.63, 3.8) is 0 Å². The van der Waals surface area contributed by atoms with Crippen molar-refractivity contribution >= 4 is 17.3 Å². The molecule has 5 rings (SSSR count). The van der Waals surface area contributed by atoms with Crippen LogP contribution in [0.25, 0.3) is 11.6 Å². The van der Waals surface area contributed by atoms with Crippen LogP contribution < -0.4 is 10.5 Å². The average molecular weight is 480 g/mol. The molecule has 1 fully saturated rings. The van der Waals surface area contributed by atoms with E-state index in [9.17, 15) is 9.90 Å². The maximum atomic E-state index is 13.5. The second-order valence-electron chi connectivity index (χ2n) is 10.0. The number of nitrogens with zero attached hydrogens (tertiary/aromatic N) is 2. The average Bonchev–Trinajstić information content (AvgIpc) is 3.44. The van der Waals surface area contributed by atoms with E-state index in [4.69, 9.17) is 0 Å². The Bertz CT molecular complexity index is 1390. The number of rotatable bonds is 8. The fourth-order valence-electron chi connectivity index (χ4n) is 5.47. The van der Waals surface area contributed by atoms with E-state index in [2.05, 4.69) is 26.2 Å². The Balaban J connectivity index is 1.74. The van der Waals surface area contributed by atoms with Crippen molar-refractivity contribution in [1.29, 1.82) is 0 Å². The van der Waals surface area contributed by atoms with Crippen molar-refractivity contribution in [2.75, 3.05) is 38.6 Å². The van der Waals surface area contributed by atoms with Gasteiger partial charge in [0.05, 0.1) is 5.69 Å². The molecular weight excluding hydrogens is 446 g/mol. The van der Waals surface area contributed by atoms with Crippen LogP contribution in [0.2, 0.25) is 0 Å². The van der Waals surface area contributed by atoms with Gasteiger partial charge >= 0.3 is 0 Å². The van der Waals surface area contributed by atoms with E-state index in [1.807, 2.05) is 80.8 Å². The van der Waals surface area contributed by atoms with E-state index in [0.717, 1.165) is 48.3 Å². The number of hydrogen-bond acceptors (Lipinski definition) is 4. The first-order valence-corrected chi connectivity index (χ1v) is 12.7. The van der Waals surface area contributed by atoms with Crippen molar-refractivity contribution in [3.05, 3.63) is 111 Å². The molecule has 0 amide bonds. The highest BCUT2D eigenvalue weighted by molar-refractivity contribution is 5.82. The summed E-state index contributed by atoms with van der Waals surface area (Å²) < 4.78 is 0. The minimum Gasteiger partial charge on any atom is -0.383 e. The Morgan fingerprint density at radius 2 is 1.81 bits per heavy atom. The number of nitrogens with one attached hydrogen (secondary N) is 1. The van der Waals surface area contributed by atoms with Gasteiger partial charge in [-0.05, 0) is 62.2 Å². The summed E-state index contributed by atoms with van der Waals surface area (Å²) in [6.07, 6.45) is 6.40. The number of aromatic amines is 1. The molecule has 2 heterocycles. The van der Waals surface area contributed by atoms with Crippen LogP contribution in [0.3, 0.4) is 0 Å². The molecule has 1 aliphatic heterocycles. The smallest absolute Gasteiger partial charge is 0.252 e. The highest BCUT2D eigenvalue weighted by atomic mass is 16.3. The van der Waals surface area contributed by atoms with E-state index in [0.29, 0.717) is 24.1 Å². The first kappa shape index (κ1) is 24.1. The van der Waals surface area contributed by atoms with Crippen LogP contribution in [0.5, 0.6) is 0 Å². The third-order valence-electron chi connectivity index (χ3n) is 7.34. The number of H-pyrrole nitrogens is 1. The lowest BCUT2D eigenvalue weighted by Crippen LogP contribution is -2.43. The van der Waals surface area contributed by atoms with Gasteiger partial charge in [-0.3, -0.25) is 4.79 Å². The van der Waals surface area contributed by atoms with Crippen LogP contribution in [0.1, 0.15) is 47.4 Å². The topological polar surface area (TPSA) is 59.6 Å². The van der Waals surface area contributed by atoms with Crippen LogP contribution >= 0.6 is 0 Å². The molecule has 0 bridgehead atoms. The zero-order chi connectivity index (χ0) is 25.1. The maximum absolute atomic E-state index is 13.5. The molecule has 1 saturated heterocycles. The molecule has 2 aromatic carbocycles. The molecule has 2 unspecified atom stereocenters. The zero-order valence-corrected chi connectivity index (χ0v) is 21.0. The molecule has 5 nitrogen and oxygen atoms in total. The summed E-state index contributed by atoms with van der Waals surface area (Å²) >= 11 is 0. The summed E-state index contributed by atoms with van der Waals surface area (Å²) in [6, 6.07) is 19.9. The van der Waals surface area contributed by atoms with E-state index in [-0.39, 0.29) is 5.56 Å². The Morgan fingerprint density at radius 3 is 2.56 bits per heavy atom. The Morgan fingerprint density at radius 1 is 1.08 bits per heavy atom. The first-order chi connectivity index (χ1) is 17.5. The van der Waals surface area contributed by atoms with Gasteiger partial charge in [0.2, 0.25) is 0 Å². The third-order valence-corrected chi connectivity index (χ3v) is 7.34. The third kappa shape index (κ3) is 4.63. The molecule has 2 N–H and O–H groups in total. The van der Waals surface area contributed by atoms with Gasteiger partial charge in [0.15, 0.2) is 0 Å². The van der Waals surface area contributed by atoms with Crippen LogP contribution in [0, 0.1) is 0 Å². The van der Waals surface area contributed by atoms with Crippen LogP contribution in [0.4, 0.5) is 5.69 Å². The minimum atomic E-state index is -1.40. The van der Waals surface area contributed by atoms with Gasteiger partial charge in [-0.1, -0.05) is 66.1 Å². The van der Waals surface area contributed by atoms with Crippen molar-refractivity contribution in [3.8, 4) is 0 Å². The highest BCUT2D eigenvalue weighted by Crippen LogP contribution is 2.46. The molecule has 2 aliphatic rings. The fourth-order valence-corrected chi connectivity index (χ4v) is 5.47. The summed E-state index contributed by atoms with van der Waals surface area (Å²) in [6.45, 7) is 2.58. The van der Waals surface area contributed by atoms with Gasteiger partial charge < -0.3 is 19.9 Å². The summed E-state index contributed by atoms with van der Waals surface area (Å²) in [7, 11) is 4.00. The van der Waals surface area contributed by atoms with E-state index in [1.165, 1.54) is 0 Å². The number of hydrogen-bond donors (Lipinski definition) is 2. The lowest BCUT2D eigenvalue weighted by atomic mass is 9.69. The molecule has 0 spiro atoms. The second kappa shape index (κ2) is 10.2. The normalized spacial score (nSPS) is 17.1. The largest absolute Gasteiger partial charge is 0.383 e. The number of aromatic nitrogens is 1. The molecule has 36 heavy (non-hydrogen) atoms. The van der Waals surface area contributed by atoms with Crippen LogP contribution in [-0.2, 0) is 0 Å². The van der Waals surface area contributed by atoms with E-state index in [1.54, 1.807) is 6.20 Å². The van der Waals surface area contributed by atoms with Crippen molar-refractivity contribution in [2.24, 2.45) is 0 Å². The molecule has 184 valence electrons. The standard InChI is InChI=1S/C31H33N3O2/c1-33(2)20-17-31(36,28-16-10-14-23-11-6-7-15-26(23)28)29(24-12-4-3-5-13-24)27-21-25(22-32-30(27)35)34-18-8-9-19-34/h3-7,11-15,21-22,29,36H,8-9,17-20H2,1-2H3,(H,32,35). The second-order valence-corrected chi connectivity index (χ2v) is 10.0.